The monoisotopic (exact) mass is 426 g/mol. The van der Waals surface area contributed by atoms with E-state index in [1.165, 1.54) is 35.7 Å². The summed E-state index contributed by atoms with van der Waals surface area (Å²) in [6.07, 6.45) is 9.04. The summed E-state index contributed by atoms with van der Waals surface area (Å²) in [5.74, 6) is -0.823. The number of carbonyl (C=O) groups is 2. The molecule has 0 spiro atoms. The molecular weight excluding hydrogens is 396 g/mol. The summed E-state index contributed by atoms with van der Waals surface area (Å²) in [5.41, 5.74) is 18.8. The number of amides is 2. The van der Waals surface area contributed by atoms with Gasteiger partial charge in [0.05, 0.1) is 17.9 Å². The fraction of sp³-hybridized carbons (Fsp3) is 0.381. The van der Waals surface area contributed by atoms with Gasteiger partial charge in [-0.1, -0.05) is 13.8 Å². The lowest BCUT2D eigenvalue weighted by atomic mass is 9.92. The topological polar surface area (TPSA) is 177 Å². The molecule has 2 heterocycles. The molecule has 0 radical (unpaired) electrons. The number of nitrogen functional groups attached to an aromatic ring is 1. The first-order chi connectivity index (χ1) is 14.8. The predicted octanol–water partition coefficient (Wildman–Crippen LogP) is 1.15. The number of amidine groups is 1. The van der Waals surface area contributed by atoms with Gasteiger partial charge in [0, 0.05) is 18.5 Å². The number of aryl methyl sites for hydroxylation is 1. The van der Waals surface area contributed by atoms with Crippen molar-refractivity contribution in [2.75, 3.05) is 17.6 Å². The van der Waals surface area contributed by atoms with Gasteiger partial charge in [0.1, 0.15) is 11.7 Å². The maximum Gasteiger partial charge on any atom is 0.313 e. The van der Waals surface area contributed by atoms with Gasteiger partial charge in [0.2, 0.25) is 0 Å². The third kappa shape index (κ3) is 6.39. The van der Waals surface area contributed by atoms with Crippen LogP contribution in [-0.2, 0) is 16.0 Å². The summed E-state index contributed by atoms with van der Waals surface area (Å²) in [6, 6.07) is 1.27. The van der Waals surface area contributed by atoms with Gasteiger partial charge in [-0.25, -0.2) is 9.98 Å². The second kappa shape index (κ2) is 10.9. The molecule has 0 aromatic carbocycles. The first-order valence-electron chi connectivity index (χ1n) is 10.1. The van der Waals surface area contributed by atoms with E-state index in [-0.39, 0.29) is 11.8 Å². The number of anilines is 2. The van der Waals surface area contributed by atoms with E-state index in [4.69, 9.17) is 22.6 Å². The molecule has 31 heavy (non-hydrogen) atoms. The zero-order valence-electron chi connectivity index (χ0n) is 17.8. The first-order valence-corrected chi connectivity index (χ1v) is 10.1. The standard InChI is InChI=1S/C21H30N8O2/c1-3-14-10-15(11-27-19(14)25)28-20(30)21(31)29-12-13(2)4-5-17(29)16(23)7-9-26-18(24)6-8-22/h6-11,13,17,24H,3-5,12,22-23H2,1-2H3,(H2,25,27)(H,28,30)/b8-6-,16-7?,24-18?,26-9?/t13-,17?/m0/s1. The number of nitrogens with one attached hydrogen (secondary N) is 2. The van der Waals surface area contributed by atoms with Crippen molar-refractivity contribution < 1.29 is 9.59 Å². The minimum Gasteiger partial charge on any atom is -0.404 e. The van der Waals surface area contributed by atoms with Gasteiger partial charge in [-0.05, 0) is 55.2 Å². The van der Waals surface area contributed by atoms with E-state index in [2.05, 4.69) is 15.3 Å². The summed E-state index contributed by atoms with van der Waals surface area (Å²) in [5, 5.41) is 10.2. The summed E-state index contributed by atoms with van der Waals surface area (Å²) in [7, 11) is 0. The van der Waals surface area contributed by atoms with E-state index in [1.54, 1.807) is 6.07 Å². The van der Waals surface area contributed by atoms with Crippen molar-refractivity contribution in [3.8, 4) is 0 Å². The lowest BCUT2D eigenvalue weighted by Crippen LogP contribution is -2.52. The van der Waals surface area contributed by atoms with Crippen LogP contribution in [0.2, 0.25) is 0 Å². The third-order valence-electron chi connectivity index (χ3n) is 5.03. The number of nitrogens with two attached hydrogens (primary N) is 3. The molecule has 1 aromatic heterocycles. The Morgan fingerprint density at radius 3 is 2.84 bits per heavy atom. The summed E-state index contributed by atoms with van der Waals surface area (Å²) < 4.78 is 0. The predicted molar refractivity (Wildman–Crippen MR) is 122 cm³/mol. The highest BCUT2D eigenvalue weighted by Gasteiger charge is 2.34. The van der Waals surface area contributed by atoms with Crippen LogP contribution in [0, 0.1) is 11.3 Å². The molecule has 1 unspecified atom stereocenters. The van der Waals surface area contributed by atoms with E-state index < -0.39 is 17.9 Å². The second-order valence-corrected chi connectivity index (χ2v) is 7.42. The minimum atomic E-state index is -0.760. The van der Waals surface area contributed by atoms with Gasteiger partial charge in [-0.3, -0.25) is 15.0 Å². The molecule has 1 aromatic rings. The molecule has 2 amide bonds. The Kier molecular flexibility index (Phi) is 8.30. The number of allylic oxidation sites excluding steroid dienone is 1. The van der Waals surface area contributed by atoms with E-state index in [1.807, 2.05) is 13.8 Å². The summed E-state index contributed by atoms with van der Waals surface area (Å²) >= 11 is 0. The zero-order chi connectivity index (χ0) is 23.0. The Morgan fingerprint density at radius 2 is 2.16 bits per heavy atom. The van der Waals surface area contributed by atoms with Gasteiger partial charge in [0.25, 0.3) is 0 Å². The van der Waals surface area contributed by atoms with E-state index in [9.17, 15) is 9.59 Å². The number of carbonyl (C=O) groups excluding carboxylic acids is 2. The normalized spacial score (nSPS) is 19.7. The molecule has 1 fully saturated rings. The molecule has 2 atom stereocenters. The average Bonchev–Trinajstić information content (AvgIpc) is 2.74. The average molecular weight is 427 g/mol. The SMILES string of the molecule is CCc1cc(NC(=O)C(=O)N2C[C@@H](C)CCC2C(N)=CC=NC(=N)/C=C\N)cnc1N. The molecular formula is C21H30N8O2. The number of aromatic nitrogens is 1. The molecule has 10 nitrogen and oxygen atoms in total. The lowest BCUT2D eigenvalue weighted by molar-refractivity contribution is -0.145. The Labute approximate surface area is 181 Å². The molecule has 1 aliphatic heterocycles. The molecule has 8 N–H and O–H groups in total. The third-order valence-corrected chi connectivity index (χ3v) is 5.03. The molecule has 0 bridgehead atoms. The van der Waals surface area contributed by atoms with Crippen molar-refractivity contribution in [3.63, 3.8) is 0 Å². The maximum absolute atomic E-state index is 12.9. The van der Waals surface area contributed by atoms with Crippen LogP contribution in [0.1, 0.15) is 32.3 Å². The Balaban J connectivity index is 2.16. The Bertz CT molecular complexity index is 922. The number of piperidine rings is 1. The van der Waals surface area contributed by atoms with E-state index in [0.717, 1.165) is 12.0 Å². The number of aliphatic imine (C=N–C) groups is 1. The summed E-state index contributed by atoms with van der Waals surface area (Å²) in [4.78, 5) is 35.0. The number of likely N-dealkylation sites (tertiary alicyclic amines) is 1. The van der Waals surface area contributed by atoms with Crippen LogP contribution >= 0.6 is 0 Å². The van der Waals surface area contributed by atoms with Crippen LogP contribution in [0.15, 0.2) is 41.3 Å². The van der Waals surface area contributed by atoms with Gasteiger partial charge < -0.3 is 27.4 Å². The zero-order valence-corrected chi connectivity index (χ0v) is 17.8. The highest BCUT2D eigenvalue weighted by molar-refractivity contribution is 6.39. The van der Waals surface area contributed by atoms with Crippen LogP contribution in [0.3, 0.4) is 0 Å². The van der Waals surface area contributed by atoms with Crippen LogP contribution in [0.5, 0.6) is 0 Å². The largest absolute Gasteiger partial charge is 0.404 e. The highest BCUT2D eigenvalue weighted by atomic mass is 16.2. The highest BCUT2D eigenvalue weighted by Crippen LogP contribution is 2.25. The Hall–Kier alpha value is -3.69. The maximum atomic E-state index is 12.9. The van der Waals surface area contributed by atoms with Gasteiger partial charge in [-0.2, -0.15) is 0 Å². The Morgan fingerprint density at radius 1 is 1.42 bits per heavy atom. The van der Waals surface area contributed by atoms with Gasteiger partial charge >= 0.3 is 11.8 Å². The number of rotatable bonds is 5. The summed E-state index contributed by atoms with van der Waals surface area (Å²) in [6.45, 7) is 4.36. The van der Waals surface area contributed by atoms with Crippen molar-refractivity contribution in [1.29, 1.82) is 5.41 Å². The van der Waals surface area contributed by atoms with Gasteiger partial charge in [-0.15, -0.1) is 0 Å². The van der Waals surface area contributed by atoms with Crippen LogP contribution < -0.4 is 22.5 Å². The number of hydrogen-bond donors (Lipinski definition) is 5. The van der Waals surface area contributed by atoms with Crippen LogP contribution in [0.25, 0.3) is 0 Å². The number of nitrogens with zero attached hydrogens (tertiary/aromatic N) is 3. The number of hydrogen-bond acceptors (Lipinski definition) is 7. The molecule has 2 rings (SSSR count). The molecule has 166 valence electrons. The minimum absolute atomic E-state index is 0.0281. The van der Waals surface area contributed by atoms with E-state index in [0.29, 0.717) is 36.6 Å². The van der Waals surface area contributed by atoms with Crippen molar-refractivity contribution in [3.05, 3.63) is 41.9 Å². The fourth-order valence-corrected chi connectivity index (χ4v) is 3.36. The first kappa shape index (κ1) is 23.6. The molecule has 0 aliphatic carbocycles. The smallest absolute Gasteiger partial charge is 0.313 e. The molecule has 10 heteroatoms. The van der Waals surface area contributed by atoms with Crippen molar-refractivity contribution in [2.45, 2.75) is 39.2 Å². The van der Waals surface area contributed by atoms with Gasteiger partial charge in [0.15, 0.2) is 0 Å². The van der Waals surface area contributed by atoms with Crippen molar-refractivity contribution in [2.24, 2.45) is 22.4 Å². The molecule has 1 aliphatic rings. The van der Waals surface area contributed by atoms with E-state index >= 15 is 0 Å². The van der Waals surface area contributed by atoms with Crippen LogP contribution in [-0.4, -0.2) is 46.3 Å². The molecule has 1 saturated heterocycles. The molecule has 0 saturated carbocycles. The second-order valence-electron chi connectivity index (χ2n) is 7.42. The van der Waals surface area contributed by atoms with Crippen LogP contribution in [0.4, 0.5) is 11.5 Å². The number of pyridine rings is 1. The fourth-order valence-electron chi connectivity index (χ4n) is 3.36. The van der Waals surface area contributed by atoms with Crippen molar-refractivity contribution >= 4 is 35.4 Å². The quantitative estimate of drug-likeness (QED) is 0.268. The lowest BCUT2D eigenvalue weighted by Gasteiger charge is -2.38. The van der Waals surface area contributed by atoms with Crippen molar-refractivity contribution in [1.82, 2.24) is 9.88 Å².